The largest absolute Gasteiger partial charge is 0.493 e. The van der Waals surface area contributed by atoms with Crippen LogP contribution in [0.5, 0.6) is 0 Å². The van der Waals surface area contributed by atoms with Crippen molar-refractivity contribution in [2.45, 2.75) is 13.0 Å². The molecule has 1 amide bonds. The topological polar surface area (TPSA) is 73.9 Å². The van der Waals surface area contributed by atoms with Crippen molar-refractivity contribution in [3.05, 3.63) is 46.9 Å². The maximum Gasteiger partial charge on any atom is 0.377 e. The first-order valence-electron chi connectivity index (χ1n) is 6.73. The second-order valence-electron chi connectivity index (χ2n) is 4.62. The molecule has 118 valence electrons. The first-order chi connectivity index (χ1) is 10.6. The molecule has 2 rings (SSSR count). The molecule has 22 heavy (non-hydrogen) atoms. The lowest BCUT2D eigenvalue weighted by atomic mass is 10.1. The van der Waals surface area contributed by atoms with Gasteiger partial charge in [-0.25, -0.2) is 4.79 Å². The fourth-order valence-electron chi connectivity index (χ4n) is 1.80. The van der Waals surface area contributed by atoms with Gasteiger partial charge in [-0.15, -0.1) is 0 Å². The molecule has 6 nitrogen and oxygen atoms in total. The summed E-state index contributed by atoms with van der Waals surface area (Å²) in [6.07, 6.45) is 1.18. The second kappa shape index (κ2) is 7.70. The minimum absolute atomic E-state index is 0.0372. The molecule has 1 aromatic rings. The Bertz CT molecular complexity index is 570. The van der Waals surface area contributed by atoms with Crippen LogP contribution in [0.2, 0.25) is 5.02 Å². The predicted octanol–water partition coefficient (Wildman–Crippen LogP) is 1.95. The fraction of sp³-hybridized carbons (Fsp3) is 0.333. The number of carbonyl (C=O) groups excluding carboxylic acids is 2. The summed E-state index contributed by atoms with van der Waals surface area (Å²) in [5.74, 6) is -1.17. The lowest BCUT2D eigenvalue weighted by Crippen LogP contribution is -2.31. The van der Waals surface area contributed by atoms with Crippen molar-refractivity contribution in [3.8, 4) is 0 Å². The number of nitrogens with one attached hydrogen (secondary N) is 1. The van der Waals surface area contributed by atoms with Gasteiger partial charge < -0.3 is 19.5 Å². The van der Waals surface area contributed by atoms with Crippen LogP contribution in [0.1, 0.15) is 18.5 Å². The van der Waals surface area contributed by atoms with Crippen molar-refractivity contribution in [3.63, 3.8) is 0 Å². The quantitative estimate of drug-likeness (QED) is 0.838. The van der Waals surface area contributed by atoms with E-state index >= 15 is 0 Å². The Balaban J connectivity index is 1.78. The number of carbonyl (C=O) groups is 2. The maximum atomic E-state index is 11.8. The van der Waals surface area contributed by atoms with Gasteiger partial charge in [0.2, 0.25) is 5.76 Å². The maximum absolute atomic E-state index is 11.8. The lowest BCUT2D eigenvalue weighted by Gasteiger charge is -2.16. The molecule has 1 atom stereocenters. The number of halogens is 1. The highest BCUT2D eigenvalue weighted by atomic mass is 35.5. The SMILES string of the molecule is C[C@H](NC(=O)COC(=O)C1=COCCO1)c1ccc(Cl)cc1. The molecular formula is C15H16ClNO5. The average Bonchev–Trinajstić information content (AvgIpc) is 2.54. The molecule has 1 heterocycles. The Morgan fingerprint density at radius 1 is 1.32 bits per heavy atom. The number of hydrogen-bond donors (Lipinski definition) is 1. The molecule has 0 aromatic heterocycles. The van der Waals surface area contributed by atoms with Crippen molar-refractivity contribution >= 4 is 23.5 Å². The van der Waals surface area contributed by atoms with Crippen LogP contribution in [0.3, 0.4) is 0 Å². The van der Waals surface area contributed by atoms with Crippen molar-refractivity contribution < 1.29 is 23.8 Å². The molecule has 0 aliphatic carbocycles. The van der Waals surface area contributed by atoms with E-state index in [1.165, 1.54) is 6.26 Å². The molecule has 1 aliphatic rings. The molecule has 0 spiro atoms. The van der Waals surface area contributed by atoms with E-state index in [9.17, 15) is 9.59 Å². The monoisotopic (exact) mass is 325 g/mol. The van der Waals surface area contributed by atoms with Gasteiger partial charge in [-0.3, -0.25) is 4.79 Å². The van der Waals surface area contributed by atoms with Crippen molar-refractivity contribution in [2.24, 2.45) is 0 Å². The smallest absolute Gasteiger partial charge is 0.377 e. The van der Waals surface area contributed by atoms with Crippen LogP contribution in [-0.2, 0) is 23.8 Å². The van der Waals surface area contributed by atoms with Crippen LogP contribution in [0.15, 0.2) is 36.3 Å². The normalized spacial score (nSPS) is 14.9. The fourth-order valence-corrected chi connectivity index (χ4v) is 1.92. The number of hydrogen-bond acceptors (Lipinski definition) is 5. The highest BCUT2D eigenvalue weighted by Crippen LogP contribution is 2.15. The summed E-state index contributed by atoms with van der Waals surface area (Å²) < 4.78 is 14.8. The minimum Gasteiger partial charge on any atom is -0.493 e. The molecule has 0 fully saturated rings. The Kier molecular flexibility index (Phi) is 5.66. The van der Waals surface area contributed by atoms with E-state index in [0.29, 0.717) is 11.6 Å². The van der Waals surface area contributed by atoms with E-state index in [-0.39, 0.29) is 18.4 Å². The third-order valence-electron chi connectivity index (χ3n) is 2.93. The molecule has 0 unspecified atom stereocenters. The Morgan fingerprint density at radius 2 is 2.05 bits per heavy atom. The van der Waals surface area contributed by atoms with Crippen LogP contribution in [0.4, 0.5) is 0 Å². The summed E-state index contributed by atoms with van der Waals surface area (Å²) >= 11 is 5.81. The predicted molar refractivity (Wildman–Crippen MR) is 79.0 cm³/mol. The molecule has 1 N–H and O–H groups in total. The molecular weight excluding hydrogens is 310 g/mol. The number of ether oxygens (including phenoxy) is 3. The number of rotatable bonds is 5. The molecule has 0 saturated heterocycles. The first-order valence-corrected chi connectivity index (χ1v) is 7.10. The zero-order valence-electron chi connectivity index (χ0n) is 12.0. The van der Waals surface area contributed by atoms with E-state index in [0.717, 1.165) is 5.56 Å². The number of benzene rings is 1. The standard InChI is InChI=1S/C15H16ClNO5/c1-10(11-2-4-12(16)5-3-11)17-14(18)9-22-15(19)13-8-20-6-7-21-13/h2-5,8,10H,6-7,9H2,1H3,(H,17,18)/t10-/m0/s1. The lowest BCUT2D eigenvalue weighted by molar-refractivity contribution is -0.149. The van der Waals surface area contributed by atoms with E-state index in [4.69, 9.17) is 25.8 Å². The van der Waals surface area contributed by atoms with Gasteiger partial charge in [0, 0.05) is 5.02 Å². The Hall–Kier alpha value is -2.21. The molecule has 0 saturated carbocycles. The van der Waals surface area contributed by atoms with Crippen LogP contribution in [0, 0.1) is 0 Å². The van der Waals surface area contributed by atoms with Crippen LogP contribution in [0.25, 0.3) is 0 Å². The van der Waals surface area contributed by atoms with Gasteiger partial charge in [0.05, 0.1) is 6.04 Å². The number of esters is 1. The molecule has 0 radical (unpaired) electrons. The van der Waals surface area contributed by atoms with Crippen LogP contribution in [-0.4, -0.2) is 31.7 Å². The van der Waals surface area contributed by atoms with E-state index in [2.05, 4.69) is 5.32 Å². The highest BCUT2D eigenvalue weighted by Gasteiger charge is 2.18. The van der Waals surface area contributed by atoms with Gasteiger partial charge in [-0.05, 0) is 24.6 Å². The van der Waals surface area contributed by atoms with Crippen molar-refractivity contribution in [1.29, 1.82) is 0 Å². The third-order valence-corrected chi connectivity index (χ3v) is 3.18. The summed E-state index contributed by atoms with van der Waals surface area (Å²) in [7, 11) is 0. The van der Waals surface area contributed by atoms with Gasteiger partial charge in [0.15, 0.2) is 6.61 Å². The van der Waals surface area contributed by atoms with Gasteiger partial charge >= 0.3 is 5.97 Å². The summed E-state index contributed by atoms with van der Waals surface area (Å²) in [6, 6.07) is 6.89. The number of amides is 1. The zero-order chi connectivity index (χ0) is 15.9. The van der Waals surface area contributed by atoms with Gasteiger partial charge in [-0.2, -0.15) is 0 Å². The molecule has 7 heteroatoms. The van der Waals surface area contributed by atoms with Gasteiger partial charge in [0.1, 0.15) is 19.5 Å². The summed E-state index contributed by atoms with van der Waals surface area (Å²) in [5.41, 5.74) is 0.899. The second-order valence-corrected chi connectivity index (χ2v) is 5.05. The average molecular weight is 326 g/mol. The third kappa shape index (κ3) is 4.66. The first kappa shape index (κ1) is 16.2. The Morgan fingerprint density at radius 3 is 2.68 bits per heavy atom. The molecule has 1 aliphatic heterocycles. The van der Waals surface area contributed by atoms with E-state index in [1.807, 2.05) is 19.1 Å². The summed E-state index contributed by atoms with van der Waals surface area (Å²) in [5, 5.41) is 3.35. The minimum atomic E-state index is -0.728. The van der Waals surface area contributed by atoms with Crippen LogP contribution >= 0.6 is 11.6 Å². The zero-order valence-corrected chi connectivity index (χ0v) is 12.8. The van der Waals surface area contributed by atoms with Gasteiger partial charge in [-0.1, -0.05) is 23.7 Å². The summed E-state index contributed by atoms with van der Waals surface area (Å²) in [6.45, 7) is 2.09. The van der Waals surface area contributed by atoms with Crippen LogP contribution < -0.4 is 5.32 Å². The Labute approximate surface area is 133 Å². The van der Waals surface area contributed by atoms with Crippen molar-refractivity contribution in [2.75, 3.05) is 19.8 Å². The van der Waals surface area contributed by atoms with E-state index < -0.39 is 18.5 Å². The highest BCUT2D eigenvalue weighted by molar-refractivity contribution is 6.30. The van der Waals surface area contributed by atoms with Gasteiger partial charge in [0.25, 0.3) is 5.91 Å². The van der Waals surface area contributed by atoms with Crippen molar-refractivity contribution in [1.82, 2.24) is 5.32 Å². The molecule has 1 aromatic carbocycles. The summed E-state index contributed by atoms with van der Waals surface area (Å²) in [4.78, 5) is 23.4. The van der Waals surface area contributed by atoms with E-state index in [1.54, 1.807) is 12.1 Å². The molecule has 0 bridgehead atoms.